The van der Waals surface area contributed by atoms with Crippen molar-refractivity contribution in [1.29, 1.82) is 0 Å². The van der Waals surface area contributed by atoms with Crippen LogP contribution < -0.4 is 0 Å². The first kappa shape index (κ1) is 33.2. The first-order valence-corrected chi connectivity index (χ1v) is 14.9. The van der Waals surface area contributed by atoms with Gasteiger partial charge in [-0.2, -0.15) is 0 Å². The summed E-state index contributed by atoms with van der Waals surface area (Å²) in [6.07, 6.45) is -11.9. The number of aliphatic hydroxyl groups excluding tert-OH is 7. The lowest BCUT2D eigenvalue weighted by molar-refractivity contribution is -0.347. The molecule has 1 aromatic rings. The van der Waals surface area contributed by atoms with Gasteiger partial charge in [0, 0.05) is 12.0 Å². The van der Waals surface area contributed by atoms with E-state index in [9.17, 15) is 45.6 Å². The van der Waals surface area contributed by atoms with Crippen LogP contribution >= 0.6 is 0 Å². The van der Waals surface area contributed by atoms with E-state index >= 15 is 0 Å². The van der Waals surface area contributed by atoms with Gasteiger partial charge in [0.15, 0.2) is 18.7 Å². The Morgan fingerprint density at radius 1 is 0.891 bits per heavy atom. The highest BCUT2D eigenvalue weighted by Gasteiger charge is 2.77. The van der Waals surface area contributed by atoms with Crippen LogP contribution in [0.2, 0.25) is 0 Å². The van der Waals surface area contributed by atoms with E-state index in [0.717, 1.165) is 6.08 Å². The molecule has 0 radical (unpaired) electrons. The number of phenols is 1. The first-order valence-electron chi connectivity index (χ1n) is 14.9. The van der Waals surface area contributed by atoms with E-state index in [1.165, 1.54) is 31.4 Å². The van der Waals surface area contributed by atoms with Gasteiger partial charge >= 0.3 is 5.97 Å². The summed E-state index contributed by atoms with van der Waals surface area (Å²) in [4.78, 5) is 12.8. The van der Waals surface area contributed by atoms with E-state index in [1.54, 1.807) is 18.2 Å². The maximum Gasteiger partial charge on any atom is 0.331 e. The van der Waals surface area contributed by atoms with Crippen molar-refractivity contribution in [2.75, 3.05) is 13.2 Å². The highest BCUT2D eigenvalue weighted by molar-refractivity contribution is 5.87. The molecule has 4 fully saturated rings. The Hall–Kier alpha value is -2.71. The Morgan fingerprint density at radius 2 is 1.63 bits per heavy atom. The summed E-state index contributed by atoms with van der Waals surface area (Å²) in [5.74, 6) is -2.17. The van der Waals surface area contributed by atoms with Crippen LogP contribution in [0.25, 0.3) is 6.08 Å². The lowest BCUT2D eigenvalue weighted by Gasteiger charge is -2.44. The standard InChI is InChI=1S/C30H38O16/c1-12-19(35)22(38)25(43-17(34)7-4-13-2-5-14(33)6-3-13)29(41-12)44-24-15-8-9-40-27(18(15)30(11-32)26(24)46-30)45-28-23(39)21(37)20(36)16(10-31)42-28/h2-9,12,15-16,18-29,31-33,35-39H,10-11H2,1H3/b7-4+/t12-,15-,16-,18+,19+,20+,21-,22+,23+,24-,25-,26-,27-,28-,29+,30+/m0/s1. The molecule has 0 spiro atoms. The molecule has 4 aliphatic heterocycles. The molecule has 1 aliphatic carbocycles. The monoisotopic (exact) mass is 654 g/mol. The molecule has 0 bridgehead atoms. The molecule has 8 N–H and O–H groups in total. The van der Waals surface area contributed by atoms with Crippen LogP contribution in [-0.4, -0.2) is 146 Å². The van der Waals surface area contributed by atoms with Crippen molar-refractivity contribution in [1.82, 2.24) is 0 Å². The molecule has 0 unspecified atom stereocenters. The number of aromatic hydroxyl groups is 1. The maximum atomic E-state index is 12.8. The molecular formula is C30H38O16. The molecule has 0 amide bonds. The van der Waals surface area contributed by atoms with Gasteiger partial charge in [-0.15, -0.1) is 0 Å². The third-order valence-corrected chi connectivity index (χ3v) is 9.23. The maximum absolute atomic E-state index is 12.8. The van der Waals surface area contributed by atoms with Crippen LogP contribution in [0.1, 0.15) is 12.5 Å². The van der Waals surface area contributed by atoms with Gasteiger partial charge in [0.25, 0.3) is 0 Å². The van der Waals surface area contributed by atoms with Crippen molar-refractivity contribution >= 4 is 12.0 Å². The average Bonchev–Trinajstić information content (AvgIpc) is 3.72. The second-order valence-corrected chi connectivity index (χ2v) is 12.0. The van der Waals surface area contributed by atoms with Crippen LogP contribution in [0.3, 0.4) is 0 Å². The molecular weight excluding hydrogens is 616 g/mol. The molecule has 1 aromatic carbocycles. The molecule has 16 heteroatoms. The fourth-order valence-electron chi connectivity index (χ4n) is 6.63. The Bertz CT molecular complexity index is 1290. The molecule has 254 valence electrons. The molecule has 3 saturated heterocycles. The van der Waals surface area contributed by atoms with Crippen LogP contribution in [0, 0.1) is 11.8 Å². The highest BCUT2D eigenvalue weighted by atomic mass is 16.8. The van der Waals surface area contributed by atoms with E-state index in [1.807, 2.05) is 0 Å². The Kier molecular flexibility index (Phi) is 9.43. The number of fused-ring (bicyclic) bond motifs is 3. The number of ether oxygens (including phenoxy) is 7. The average molecular weight is 655 g/mol. The van der Waals surface area contributed by atoms with Gasteiger partial charge in [-0.1, -0.05) is 12.1 Å². The summed E-state index contributed by atoms with van der Waals surface area (Å²) < 4.78 is 40.6. The summed E-state index contributed by atoms with van der Waals surface area (Å²) in [6, 6.07) is 6.03. The van der Waals surface area contributed by atoms with Crippen LogP contribution in [0.4, 0.5) is 0 Å². The molecule has 1 saturated carbocycles. The Morgan fingerprint density at radius 3 is 2.33 bits per heavy atom. The normalized spacial score (nSPS) is 46.4. The number of benzene rings is 1. The predicted octanol–water partition coefficient (Wildman–Crippen LogP) is -2.77. The summed E-state index contributed by atoms with van der Waals surface area (Å²) in [5, 5.41) is 81.7. The number of hydrogen-bond acceptors (Lipinski definition) is 16. The van der Waals surface area contributed by atoms with Gasteiger partial charge in [0.2, 0.25) is 6.29 Å². The van der Waals surface area contributed by atoms with Gasteiger partial charge in [-0.3, -0.25) is 0 Å². The predicted molar refractivity (Wildman–Crippen MR) is 149 cm³/mol. The quantitative estimate of drug-likeness (QED) is 0.0763. The third kappa shape index (κ3) is 5.93. The number of aliphatic hydroxyl groups is 7. The first-order chi connectivity index (χ1) is 22.0. The lowest BCUT2D eigenvalue weighted by atomic mass is 9.85. The molecule has 16 nitrogen and oxygen atoms in total. The summed E-state index contributed by atoms with van der Waals surface area (Å²) in [5.41, 5.74) is -0.650. The van der Waals surface area contributed by atoms with Gasteiger partial charge in [0.05, 0.1) is 37.6 Å². The zero-order valence-electron chi connectivity index (χ0n) is 24.5. The fourth-order valence-corrected chi connectivity index (χ4v) is 6.63. The molecule has 6 rings (SSSR count). The SMILES string of the molecule is C[C@@H]1O[C@H](O[C@H]2[C@H]3C=CO[C@@H](O[C@@H]4O[C@@H](CO)[C@@H](O)[C@H](O)[C@H]4O)[C@@H]3[C@@]3(CO)O[C@@H]23)[C@@H](OC(=O)/C=C/c2ccc(O)cc2)[C@H](O)[C@@H]1O. The van der Waals surface area contributed by atoms with Gasteiger partial charge in [-0.25, -0.2) is 4.79 Å². The Labute approximate surface area is 262 Å². The van der Waals surface area contributed by atoms with Gasteiger partial charge in [0.1, 0.15) is 54.1 Å². The van der Waals surface area contributed by atoms with Crippen molar-refractivity contribution < 1.29 is 78.8 Å². The minimum absolute atomic E-state index is 0.0513. The summed E-state index contributed by atoms with van der Waals surface area (Å²) in [6.45, 7) is 0.353. The topological polar surface area (TPSA) is 247 Å². The smallest absolute Gasteiger partial charge is 0.331 e. The second kappa shape index (κ2) is 13.1. The lowest BCUT2D eigenvalue weighted by Crippen LogP contribution is -2.61. The van der Waals surface area contributed by atoms with Gasteiger partial charge in [-0.05, 0) is 36.8 Å². The number of hydrogen-bond donors (Lipinski definition) is 8. The molecule has 5 aliphatic rings. The zero-order valence-corrected chi connectivity index (χ0v) is 24.5. The highest BCUT2D eigenvalue weighted by Crippen LogP contribution is 2.61. The van der Waals surface area contributed by atoms with Crippen molar-refractivity contribution in [3.8, 4) is 5.75 Å². The second-order valence-electron chi connectivity index (χ2n) is 12.0. The summed E-state index contributed by atoms with van der Waals surface area (Å²) in [7, 11) is 0. The minimum Gasteiger partial charge on any atom is -0.508 e. The zero-order chi connectivity index (χ0) is 32.9. The van der Waals surface area contributed by atoms with Crippen molar-refractivity contribution in [3.05, 3.63) is 48.2 Å². The minimum atomic E-state index is -1.70. The number of carbonyl (C=O) groups is 1. The van der Waals surface area contributed by atoms with Crippen LogP contribution in [-0.2, 0) is 38.0 Å². The van der Waals surface area contributed by atoms with Gasteiger partial charge < -0.3 is 74.0 Å². The number of carbonyl (C=O) groups excluding carboxylic acids is 1. The van der Waals surface area contributed by atoms with E-state index in [-0.39, 0.29) is 5.75 Å². The number of esters is 1. The molecule has 0 aromatic heterocycles. The third-order valence-electron chi connectivity index (χ3n) is 9.23. The van der Waals surface area contributed by atoms with E-state index < -0.39 is 117 Å². The van der Waals surface area contributed by atoms with E-state index in [0.29, 0.717) is 5.56 Å². The van der Waals surface area contributed by atoms with Crippen molar-refractivity contribution in [2.45, 2.75) is 92.4 Å². The Balaban J connectivity index is 1.19. The van der Waals surface area contributed by atoms with E-state index in [4.69, 9.17) is 33.2 Å². The fraction of sp³-hybridized carbons (Fsp3) is 0.633. The largest absolute Gasteiger partial charge is 0.508 e. The number of rotatable bonds is 9. The van der Waals surface area contributed by atoms with E-state index in [2.05, 4.69) is 0 Å². The molecule has 46 heavy (non-hydrogen) atoms. The van der Waals surface area contributed by atoms with Crippen molar-refractivity contribution in [3.63, 3.8) is 0 Å². The van der Waals surface area contributed by atoms with Crippen LogP contribution in [0.5, 0.6) is 5.75 Å². The number of phenolic OH excluding ortho intramolecular Hbond substituents is 1. The summed E-state index contributed by atoms with van der Waals surface area (Å²) >= 11 is 0. The molecule has 4 heterocycles. The van der Waals surface area contributed by atoms with Crippen LogP contribution in [0.15, 0.2) is 42.7 Å². The number of epoxide rings is 1. The molecule has 16 atom stereocenters. The van der Waals surface area contributed by atoms with Crippen molar-refractivity contribution in [2.24, 2.45) is 11.8 Å².